The molecular weight excluding hydrogens is 328 g/mol. The van der Waals surface area contributed by atoms with Crippen molar-refractivity contribution in [2.75, 3.05) is 18.5 Å². The van der Waals surface area contributed by atoms with E-state index in [1.165, 1.54) is 0 Å². The Hall–Kier alpha value is -2.92. The van der Waals surface area contributed by atoms with Crippen LogP contribution < -0.4 is 10.1 Å². The molecule has 0 radical (unpaired) electrons. The van der Waals surface area contributed by atoms with E-state index < -0.39 is 0 Å². The first-order valence-corrected chi connectivity index (χ1v) is 8.79. The van der Waals surface area contributed by atoms with Gasteiger partial charge in [0.1, 0.15) is 12.4 Å². The van der Waals surface area contributed by atoms with Crippen LogP contribution in [0.3, 0.4) is 0 Å². The lowest BCUT2D eigenvalue weighted by molar-refractivity contribution is 0.0679. The molecule has 26 heavy (non-hydrogen) atoms. The number of ether oxygens (including phenoxy) is 2. The van der Waals surface area contributed by atoms with Crippen molar-refractivity contribution < 1.29 is 14.3 Å². The molecule has 0 saturated carbocycles. The van der Waals surface area contributed by atoms with Gasteiger partial charge in [0.05, 0.1) is 17.3 Å². The molecule has 1 N–H and O–H groups in total. The second-order valence-corrected chi connectivity index (χ2v) is 6.31. The van der Waals surface area contributed by atoms with Crippen molar-refractivity contribution in [2.45, 2.75) is 18.9 Å². The number of rotatable bonds is 5. The monoisotopic (exact) mass is 348 g/mol. The fourth-order valence-corrected chi connectivity index (χ4v) is 3.07. The molecule has 2 heterocycles. The summed E-state index contributed by atoms with van der Waals surface area (Å²) in [7, 11) is 0. The first-order chi connectivity index (χ1) is 12.8. The number of anilines is 1. The number of aromatic nitrogens is 1. The lowest BCUT2D eigenvalue weighted by atomic mass is 10.1. The topological polar surface area (TPSA) is 60.5 Å². The van der Waals surface area contributed by atoms with Crippen molar-refractivity contribution in [2.24, 2.45) is 0 Å². The zero-order valence-electron chi connectivity index (χ0n) is 14.4. The summed E-state index contributed by atoms with van der Waals surface area (Å²) in [6, 6.07) is 16.7. The van der Waals surface area contributed by atoms with Gasteiger partial charge in [-0.05, 0) is 49.2 Å². The molecule has 1 fully saturated rings. The summed E-state index contributed by atoms with van der Waals surface area (Å²) >= 11 is 0. The molecule has 1 saturated heterocycles. The van der Waals surface area contributed by atoms with Crippen LogP contribution in [0, 0.1) is 0 Å². The number of carbonyl (C=O) groups excluding carboxylic acids is 1. The van der Waals surface area contributed by atoms with Crippen LogP contribution in [-0.2, 0) is 4.74 Å². The van der Waals surface area contributed by atoms with Gasteiger partial charge < -0.3 is 14.8 Å². The predicted octanol–water partition coefficient (Wildman–Crippen LogP) is 4.04. The fraction of sp³-hybridized carbons (Fsp3) is 0.238. The van der Waals surface area contributed by atoms with Gasteiger partial charge in [-0.2, -0.15) is 0 Å². The molecule has 1 atom stereocenters. The molecular formula is C21H20N2O3. The highest BCUT2D eigenvalue weighted by Gasteiger charge is 2.16. The van der Waals surface area contributed by atoms with E-state index in [0.29, 0.717) is 17.9 Å². The number of pyridine rings is 1. The standard InChI is InChI=1S/C21H20N2O3/c24-21(23-19-7-1-4-15-5-2-12-22-20(15)19)16-8-10-17(11-9-16)26-14-18-6-3-13-25-18/h1-2,4-5,7-12,18H,3,6,13-14H2,(H,23,24). The Kier molecular flexibility index (Phi) is 4.80. The Balaban J connectivity index is 1.42. The first kappa shape index (κ1) is 16.5. The average molecular weight is 348 g/mol. The summed E-state index contributed by atoms with van der Waals surface area (Å²) < 4.78 is 11.3. The van der Waals surface area contributed by atoms with E-state index >= 15 is 0 Å². The highest BCUT2D eigenvalue weighted by Crippen LogP contribution is 2.22. The van der Waals surface area contributed by atoms with Gasteiger partial charge in [-0.25, -0.2) is 0 Å². The predicted molar refractivity (Wildman–Crippen MR) is 101 cm³/mol. The lowest BCUT2D eigenvalue weighted by Crippen LogP contribution is -2.16. The molecule has 1 unspecified atom stereocenters. The van der Waals surface area contributed by atoms with Crippen LogP contribution in [0.15, 0.2) is 60.8 Å². The number of hydrogen-bond acceptors (Lipinski definition) is 4. The molecule has 1 amide bonds. The Morgan fingerprint density at radius 2 is 2.00 bits per heavy atom. The summed E-state index contributed by atoms with van der Waals surface area (Å²) in [6.45, 7) is 1.36. The van der Waals surface area contributed by atoms with Gasteiger partial charge >= 0.3 is 0 Å². The number of para-hydroxylation sites is 1. The van der Waals surface area contributed by atoms with Gasteiger partial charge in [-0.3, -0.25) is 9.78 Å². The number of benzene rings is 2. The molecule has 0 spiro atoms. The third kappa shape index (κ3) is 3.68. The van der Waals surface area contributed by atoms with Gasteiger partial charge in [0.25, 0.3) is 5.91 Å². The smallest absolute Gasteiger partial charge is 0.255 e. The number of carbonyl (C=O) groups is 1. The molecule has 5 nitrogen and oxygen atoms in total. The van der Waals surface area contributed by atoms with Crippen LogP contribution >= 0.6 is 0 Å². The second-order valence-electron chi connectivity index (χ2n) is 6.31. The quantitative estimate of drug-likeness (QED) is 0.756. The molecule has 1 aliphatic rings. The van der Waals surface area contributed by atoms with Gasteiger partial charge in [0.15, 0.2) is 0 Å². The lowest BCUT2D eigenvalue weighted by Gasteiger charge is -2.12. The summed E-state index contributed by atoms with van der Waals surface area (Å²) in [4.78, 5) is 16.9. The third-order valence-corrected chi connectivity index (χ3v) is 4.46. The minimum atomic E-state index is -0.172. The Bertz CT molecular complexity index is 897. The van der Waals surface area contributed by atoms with E-state index in [0.717, 1.165) is 36.1 Å². The molecule has 3 aromatic rings. The van der Waals surface area contributed by atoms with E-state index in [-0.39, 0.29) is 12.0 Å². The molecule has 132 valence electrons. The molecule has 4 rings (SSSR count). The van der Waals surface area contributed by atoms with Crippen molar-refractivity contribution in [1.29, 1.82) is 0 Å². The highest BCUT2D eigenvalue weighted by atomic mass is 16.5. The average Bonchev–Trinajstić information content (AvgIpc) is 3.21. The normalized spacial score (nSPS) is 16.5. The minimum Gasteiger partial charge on any atom is -0.491 e. The van der Waals surface area contributed by atoms with Gasteiger partial charge in [0, 0.05) is 23.8 Å². The first-order valence-electron chi connectivity index (χ1n) is 8.79. The fourth-order valence-electron chi connectivity index (χ4n) is 3.07. The highest BCUT2D eigenvalue weighted by molar-refractivity contribution is 6.08. The van der Waals surface area contributed by atoms with Crippen molar-refractivity contribution in [3.8, 4) is 5.75 Å². The van der Waals surface area contributed by atoms with Crippen LogP contribution in [0.25, 0.3) is 10.9 Å². The van der Waals surface area contributed by atoms with Crippen LogP contribution in [0.5, 0.6) is 5.75 Å². The van der Waals surface area contributed by atoms with E-state index in [1.54, 1.807) is 18.3 Å². The van der Waals surface area contributed by atoms with Gasteiger partial charge in [-0.15, -0.1) is 0 Å². The molecule has 0 bridgehead atoms. The molecule has 2 aromatic carbocycles. The van der Waals surface area contributed by atoms with Crippen molar-refractivity contribution in [1.82, 2.24) is 4.98 Å². The van der Waals surface area contributed by atoms with E-state index in [1.807, 2.05) is 42.5 Å². The van der Waals surface area contributed by atoms with Crippen molar-refractivity contribution in [3.05, 3.63) is 66.4 Å². The molecule has 0 aliphatic carbocycles. The van der Waals surface area contributed by atoms with Gasteiger partial charge in [-0.1, -0.05) is 18.2 Å². The van der Waals surface area contributed by atoms with E-state index in [9.17, 15) is 4.79 Å². The van der Waals surface area contributed by atoms with Crippen LogP contribution in [-0.4, -0.2) is 30.2 Å². The number of hydrogen-bond donors (Lipinski definition) is 1. The van der Waals surface area contributed by atoms with Crippen molar-refractivity contribution in [3.63, 3.8) is 0 Å². The SMILES string of the molecule is O=C(Nc1cccc2cccnc12)c1ccc(OCC2CCCO2)cc1. The number of fused-ring (bicyclic) bond motifs is 1. The molecule has 1 aromatic heterocycles. The molecule has 5 heteroatoms. The summed E-state index contributed by atoms with van der Waals surface area (Å²) in [5, 5.41) is 3.92. The number of nitrogens with zero attached hydrogens (tertiary/aromatic N) is 1. The maximum Gasteiger partial charge on any atom is 0.255 e. The zero-order chi connectivity index (χ0) is 17.8. The number of nitrogens with one attached hydrogen (secondary N) is 1. The van der Waals surface area contributed by atoms with Crippen molar-refractivity contribution >= 4 is 22.5 Å². The third-order valence-electron chi connectivity index (χ3n) is 4.46. The maximum atomic E-state index is 12.5. The maximum absolute atomic E-state index is 12.5. The Morgan fingerprint density at radius 1 is 1.15 bits per heavy atom. The van der Waals surface area contributed by atoms with Crippen LogP contribution in [0.1, 0.15) is 23.2 Å². The Morgan fingerprint density at radius 3 is 2.81 bits per heavy atom. The summed E-state index contributed by atoms with van der Waals surface area (Å²) in [6.07, 6.45) is 4.03. The number of amides is 1. The van der Waals surface area contributed by atoms with E-state index in [2.05, 4.69) is 10.3 Å². The van der Waals surface area contributed by atoms with Crippen LogP contribution in [0.4, 0.5) is 5.69 Å². The Labute approximate surface area is 152 Å². The van der Waals surface area contributed by atoms with E-state index in [4.69, 9.17) is 9.47 Å². The van der Waals surface area contributed by atoms with Crippen LogP contribution in [0.2, 0.25) is 0 Å². The van der Waals surface area contributed by atoms with Gasteiger partial charge in [0.2, 0.25) is 0 Å². The second kappa shape index (κ2) is 7.54. The molecule has 1 aliphatic heterocycles. The summed E-state index contributed by atoms with van der Waals surface area (Å²) in [5.41, 5.74) is 2.05. The zero-order valence-corrected chi connectivity index (χ0v) is 14.4. The minimum absolute atomic E-state index is 0.172. The largest absolute Gasteiger partial charge is 0.491 e. The summed E-state index contributed by atoms with van der Waals surface area (Å²) in [5.74, 6) is 0.567.